The van der Waals surface area contributed by atoms with Crippen LogP contribution in [0.1, 0.15) is 30.8 Å². The van der Waals surface area contributed by atoms with Crippen molar-refractivity contribution in [2.45, 2.75) is 40.3 Å². The van der Waals surface area contributed by atoms with Gasteiger partial charge in [-0.3, -0.25) is 9.48 Å². The highest BCUT2D eigenvalue weighted by Crippen LogP contribution is 2.11. The molecule has 0 aliphatic heterocycles. The van der Waals surface area contributed by atoms with Crippen molar-refractivity contribution >= 4 is 5.91 Å². The maximum atomic E-state index is 11.7. The number of rotatable bonds is 4. The highest BCUT2D eigenvalue weighted by atomic mass is 16.2. The monoisotopic (exact) mass is 238 g/mol. The molecule has 1 unspecified atom stereocenters. The van der Waals surface area contributed by atoms with Crippen LogP contribution in [0.5, 0.6) is 0 Å². The number of carbonyl (C=O) groups is 1. The summed E-state index contributed by atoms with van der Waals surface area (Å²) in [7, 11) is 1.90. The summed E-state index contributed by atoms with van der Waals surface area (Å²) in [5.41, 5.74) is 8.86. The molecule has 96 valence electrons. The van der Waals surface area contributed by atoms with Gasteiger partial charge in [-0.1, -0.05) is 13.8 Å². The highest BCUT2D eigenvalue weighted by Gasteiger charge is 2.18. The van der Waals surface area contributed by atoms with E-state index in [4.69, 9.17) is 5.73 Å². The predicted octanol–water partition coefficient (Wildman–Crippen LogP) is 0.636. The molecule has 1 aromatic rings. The van der Waals surface area contributed by atoms with Crippen LogP contribution in [0.25, 0.3) is 0 Å². The van der Waals surface area contributed by atoms with Crippen LogP contribution in [-0.2, 0) is 18.4 Å². The fourth-order valence-electron chi connectivity index (χ4n) is 1.67. The molecule has 1 atom stereocenters. The number of carbonyl (C=O) groups excluding carboxylic acids is 1. The normalized spacial score (nSPS) is 12.9. The predicted molar refractivity (Wildman–Crippen MR) is 67.3 cm³/mol. The van der Waals surface area contributed by atoms with E-state index in [1.807, 2.05) is 39.4 Å². The molecule has 0 radical (unpaired) electrons. The SMILES string of the molecule is Cc1nn(C)c(C)c1CNC(=O)C(N)C(C)C. The number of nitrogens with one attached hydrogen (secondary N) is 1. The quantitative estimate of drug-likeness (QED) is 0.808. The maximum absolute atomic E-state index is 11.7. The molecule has 0 fully saturated rings. The lowest BCUT2D eigenvalue weighted by Gasteiger charge is -2.15. The van der Waals surface area contributed by atoms with Gasteiger partial charge in [-0.15, -0.1) is 0 Å². The van der Waals surface area contributed by atoms with E-state index in [1.54, 1.807) is 0 Å². The molecule has 17 heavy (non-hydrogen) atoms. The topological polar surface area (TPSA) is 72.9 Å². The summed E-state index contributed by atoms with van der Waals surface area (Å²) < 4.78 is 1.82. The van der Waals surface area contributed by atoms with E-state index >= 15 is 0 Å². The molecule has 0 aromatic carbocycles. The lowest BCUT2D eigenvalue weighted by Crippen LogP contribution is -2.43. The van der Waals surface area contributed by atoms with Gasteiger partial charge in [-0.25, -0.2) is 0 Å². The summed E-state index contributed by atoms with van der Waals surface area (Å²) in [6.07, 6.45) is 0. The summed E-state index contributed by atoms with van der Waals surface area (Å²) in [5.74, 6) is 0.0359. The van der Waals surface area contributed by atoms with Crippen LogP contribution in [0.3, 0.4) is 0 Å². The van der Waals surface area contributed by atoms with E-state index in [1.165, 1.54) is 0 Å². The first kappa shape index (κ1) is 13.7. The number of hydrogen-bond acceptors (Lipinski definition) is 3. The van der Waals surface area contributed by atoms with Gasteiger partial charge in [0.05, 0.1) is 11.7 Å². The zero-order valence-corrected chi connectivity index (χ0v) is 11.2. The number of amides is 1. The van der Waals surface area contributed by atoms with E-state index in [9.17, 15) is 4.79 Å². The van der Waals surface area contributed by atoms with E-state index in [-0.39, 0.29) is 11.8 Å². The molecule has 0 aliphatic rings. The number of aromatic nitrogens is 2. The highest BCUT2D eigenvalue weighted by molar-refractivity contribution is 5.81. The third-order valence-electron chi connectivity index (χ3n) is 3.12. The largest absolute Gasteiger partial charge is 0.351 e. The molecule has 0 aliphatic carbocycles. The minimum Gasteiger partial charge on any atom is -0.351 e. The Morgan fingerprint density at radius 2 is 2.06 bits per heavy atom. The van der Waals surface area contributed by atoms with Crippen LogP contribution in [0, 0.1) is 19.8 Å². The van der Waals surface area contributed by atoms with Crippen molar-refractivity contribution in [1.82, 2.24) is 15.1 Å². The van der Waals surface area contributed by atoms with Crippen molar-refractivity contribution in [3.8, 4) is 0 Å². The summed E-state index contributed by atoms with van der Waals surface area (Å²) in [6.45, 7) is 8.29. The Morgan fingerprint density at radius 1 is 1.47 bits per heavy atom. The van der Waals surface area contributed by atoms with Gasteiger partial charge in [-0.2, -0.15) is 5.10 Å². The van der Waals surface area contributed by atoms with Gasteiger partial charge >= 0.3 is 0 Å². The summed E-state index contributed by atoms with van der Waals surface area (Å²) in [6, 6.07) is -0.452. The lowest BCUT2D eigenvalue weighted by atomic mass is 10.0. The first-order chi connectivity index (χ1) is 7.84. The standard InChI is InChI=1S/C12H22N4O/c1-7(2)11(13)12(17)14-6-10-8(3)15-16(5)9(10)4/h7,11H,6,13H2,1-5H3,(H,14,17). The molecule has 0 bridgehead atoms. The second-order valence-corrected chi connectivity index (χ2v) is 4.76. The maximum Gasteiger partial charge on any atom is 0.237 e. The Hall–Kier alpha value is -1.36. The minimum absolute atomic E-state index is 0.109. The second-order valence-electron chi connectivity index (χ2n) is 4.76. The third-order valence-corrected chi connectivity index (χ3v) is 3.12. The molecule has 1 rings (SSSR count). The van der Waals surface area contributed by atoms with Gasteiger partial charge in [0.2, 0.25) is 5.91 Å². The zero-order chi connectivity index (χ0) is 13.2. The number of nitrogens with zero attached hydrogens (tertiary/aromatic N) is 2. The summed E-state index contributed by atoms with van der Waals surface area (Å²) in [5, 5.41) is 7.16. The Balaban J connectivity index is 2.65. The first-order valence-corrected chi connectivity index (χ1v) is 5.87. The average Bonchev–Trinajstić information content (AvgIpc) is 2.49. The molecular formula is C12H22N4O. The molecule has 0 spiro atoms. The molecular weight excluding hydrogens is 216 g/mol. The summed E-state index contributed by atoms with van der Waals surface area (Å²) in [4.78, 5) is 11.7. The van der Waals surface area contributed by atoms with E-state index in [2.05, 4.69) is 10.4 Å². The zero-order valence-electron chi connectivity index (χ0n) is 11.2. The van der Waals surface area contributed by atoms with Crippen molar-refractivity contribution in [2.24, 2.45) is 18.7 Å². The molecule has 3 N–H and O–H groups in total. The van der Waals surface area contributed by atoms with Crippen molar-refractivity contribution in [3.05, 3.63) is 17.0 Å². The Kier molecular flexibility index (Phi) is 4.28. The molecule has 1 heterocycles. The number of aryl methyl sites for hydroxylation is 2. The molecule has 1 aromatic heterocycles. The van der Waals surface area contributed by atoms with Crippen molar-refractivity contribution < 1.29 is 4.79 Å². The lowest BCUT2D eigenvalue weighted by molar-refractivity contribution is -0.123. The number of nitrogens with two attached hydrogens (primary N) is 1. The Bertz CT molecular complexity index is 409. The molecule has 5 heteroatoms. The molecule has 0 saturated heterocycles. The van der Waals surface area contributed by atoms with Gasteiger partial charge < -0.3 is 11.1 Å². The van der Waals surface area contributed by atoms with Gasteiger partial charge in [0.25, 0.3) is 0 Å². The fourth-order valence-corrected chi connectivity index (χ4v) is 1.67. The van der Waals surface area contributed by atoms with Crippen LogP contribution in [0.2, 0.25) is 0 Å². The average molecular weight is 238 g/mol. The molecule has 0 saturated carbocycles. The second kappa shape index (κ2) is 5.31. The van der Waals surface area contributed by atoms with E-state index in [0.29, 0.717) is 6.54 Å². The molecule has 5 nitrogen and oxygen atoms in total. The van der Waals surface area contributed by atoms with Crippen LogP contribution in [0.4, 0.5) is 0 Å². The van der Waals surface area contributed by atoms with Crippen molar-refractivity contribution in [2.75, 3.05) is 0 Å². The van der Waals surface area contributed by atoms with Crippen LogP contribution in [-0.4, -0.2) is 21.7 Å². The van der Waals surface area contributed by atoms with Gasteiger partial charge in [0, 0.05) is 24.8 Å². The molecule has 1 amide bonds. The third kappa shape index (κ3) is 3.06. The first-order valence-electron chi connectivity index (χ1n) is 5.87. The Morgan fingerprint density at radius 3 is 2.47 bits per heavy atom. The van der Waals surface area contributed by atoms with Gasteiger partial charge in [0.1, 0.15) is 0 Å². The van der Waals surface area contributed by atoms with E-state index in [0.717, 1.165) is 17.0 Å². The van der Waals surface area contributed by atoms with Crippen molar-refractivity contribution in [1.29, 1.82) is 0 Å². The van der Waals surface area contributed by atoms with E-state index < -0.39 is 6.04 Å². The van der Waals surface area contributed by atoms with Crippen LogP contribution >= 0.6 is 0 Å². The van der Waals surface area contributed by atoms with Crippen molar-refractivity contribution in [3.63, 3.8) is 0 Å². The minimum atomic E-state index is -0.452. The smallest absolute Gasteiger partial charge is 0.237 e. The number of hydrogen-bond donors (Lipinski definition) is 2. The Labute approximate surface area is 102 Å². The van der Waals surface area contributed by atoms with Crippen LogP contribution in [0.15, 0.2) is 0 Å². The van der Waals surface area contributed by atoms with Gasteiger partial charge in [-0.05, 0) is 19.8 Å². The van der Waals surface area contributed by atoms with Gasteiger partial charge in [0.15, 0.2) is 0 Å². The fraction of sp³-hybridized carbons (Fsp3) is 0.667. The summed E-state index contributed by atoms with van der Waals surface area (Å²) >= 11 is 0. The van der Waals surface area contributed by atoms with Crippen LogP contribution < -0.4 is 11.1 Å².